The lowest BCUT2D eigenvalue weighted by molar-refractivity contribution is -0.120. The summed E-state index contributed by atoms with van der Waals surface area (Å²) in [6.45, 7) is 0.476. The SMILES string of the molecule is O=C(CNC(=O)c1cccc(Cl)c1)NCC1CCC(O)C1. The zero-order valence-electron chi connectivity index (χ0n) is 11.6. The summed E-state index contributed by atoms with van der Waals surface area (Å²) >= 11 is 5.81. The molecule has 0 bridgehead atoms. The molecule has 2 atom stereocenters. The minimum Gasteiger partial charge on any atom is -0.393 e. The molecule has 2 amide bonds. The largest absolute Gasteiger partial charge is 0.393 e. The number of rotatable bonds is 5. The summed E-state index contributed by atoms with van der Waals surface area (Å²) < 4.78 is 0. The van der Waals surface area contributed by atoms with Crippen LogP contribution < -0.4 is 10.6 Å². The van der Waals surface area contributed by atoms with Gasteiger partial charge in [0.25, 0.3) is 5.91 Å². The van der Waals surface area contributed by atoms with Crippen molar-refractivity contribution in [1.29, 1.82) is 0 Å². The van der Waals surface area contributed by atoms with E-state index >= 15 is 0 Å². The van der Waals surface area contributed by atoms with E-state index in [9.17, 15) is 14.7 Å². The standard InChI is InChI=1S/C15H19ClN2O3/c16-12-3-1-2-11(7-12)15(21)18-9-14(20)17-8-10-4-5-13(19)6-10/h1-3,7,10,13,19H,4-6,8-9H2,(H,17,20)(H,18,21). The van der Waals surface area contributed by atoms with Crippen molar-refractivity contribution >= 4 is 23.4 Å². The van der Waals surface area contributed by atoms with Crippen LogP contribution in [0.1, 0.15) is 29.6 Å². The van der Waals surface area contributed by atoms with Gasteiger partial charge in [-0.2, -0.15) is 0 Å². The molecule has 6 heteroatoms. The van der Waals surface area contributed by atoms with E-state index in [4.69, 9.17) is 11.6 Å². The van der Waals surface area contributed by atoms with E-state index < -0.39 is 0 Å². The second kappa shape index (κ2) is 7.43. The molecule has 2 unspecified atom stereocenters. The summed E-state index contributed by atoms with van der Waals surface area (Å²) in [7, 11) is 0. The maximum atomic E-state index is 11.8. The number of aliphatic hydroxyl groups is 1. The zero-order valence-corrected chi connectivity index (χ0v) is 12.4. The molecule has 0 saturated heterocycles. The molecule has 0 spiro atoms. The molecule has 2 rings (SSSR count). The van der Waals surface area contributed by atoms with Crippen molar-refractivity contribution in [2.75, 3.05) is 13.1 Å². The van der Waals surface area contributed by atoms with E-state index in [0.29, 0.717) is 23.0 Å². The van der Waals surface area contributed by atoms with Gasteiger partial charge in [0.2, 0.25) is 5.91 Å². The second-order valence-electron chi connectivity index (χ2n) is 5.33. The number of hydrogen-bond donors (Lipinski definition) is 3. The fraction of sp³-hybridized carbons (Fsp3) is 0.467. The molecular formula is C15H19ClN2O3. The van der Waals surface area contributed by atoms with Gasteiger partial charge in [0.15, 0.2) is 0 Å². The quantitative estimate of drug-likeness (QED) is 0.768. The van der Waals surface area contributed by atoms with Crippen molar-refractivity contribution < 1.29 is 14.7 Å². The molecule has 0 aromatic heterocycles. The highest BCUT2D eigenvalue weighted by atomic mass is 35.5. The van der Waals surface area contributed by atoms with Gasteiger partial charge in [-0.1, -0.05) is 17.7 Å². The third-order valence-corrected chi connectivity index (χ3v) is 3.83. The molecule has 3 N–H and O–H groups in total. The first-order valence-corrected chi connectivity index (χ1v) is 7.41. The number of halogens is 1. The van der Waals surface area contributed by atoms with Crippen molar-refractivity contribution in [1.82, 2.24) is 10.6 Å². The van der Waals surface area contributed by atoms with Gasteiger partial charge in [0, 0.05) is 17.1 Å². The van der Waals surface area contributed by atoms with Crippen LogP contribution in [0.5, 0.6) is 0 Å². The van der Waals surface area contributed by atoms with Gasteiger partial charge in [0.05, 0.1) is 12.6 Å². The number of nitrogens with one attached hydrogen (secondary N) is 2. The Balaban J connectivity index is 1.70. The summed E-state index contributed by atoms with van der Waals surface area (Å²) in [5.74, 6) is -0.233. The number of hydrogen-bond acceptors (Lipinski definition) is 3. The Morgan fingerprint density at radius 3 is 2.76 bits per heavy atom. The van der Waals surface area contributed by atoms with Crippen molar-refractivity contribution in [3.05, 3.63) is 34.9 Å². The first-order chi connectivity index (χ1) is 10.0. The van der Waals surface area contributed by atoms with Crippen LogP contribution in [0.25, 0.3) is 0 Å². The van der Waals surface area contributed by atoms with Crippen LogP contribution in [0.3, 0.4) is 0 Å². The van der Waals surface area contributed by atoms with Gasteiger partial charge in [-0.3, -0.25) is 9.59 Å². The van der Waals surface area contributed by atoms with Crippen molar-refractivity contribution in [2.24, 2.45) is 5.92 Å². The Hall–Kier alpha value is -1.59. The zero-order chi connectivity index (χ0) is 15.2. The Morgan fingerprint density at radius 2 is 2.10 bits per heavy atom. The number of carbonyl (C=O) groups excluding carboxylic acids is 2. The van der Waals surface area contributed by atoms with E-state index in [1.54, 1.807) is 24.3 Å². The highest BCUT2D eigenvalue weighted by Gasteiger charge is 2.22. The minimum absolute atomic E-state index is 0.0688. The summed E-state index contributed by atoms with van der Waals surface area (Å²) in [5, 5.41) is 15.2. The topological polar surface area (TPSA) is 78.4 Å². The predicted molar refractivity (Wildman–Crippen MR) is 80.1 cm³/mol. The number of amides is 2. The normalized spacial score (nSPS) is 21.0. The molecule has 1 aliphatic carbocycles. The molecule has 0 radical (unpaired) electrons. The van der Waals surface area contributed by atoms with Crippen molar-refractivity contribution in [2.45, 2.75) is 25.4 Å². The van der Waals surface area contributed by atoms with Crippen LogP contribution >= 0.6 is 11.6 Å². The lowest BCUT2D eigenvalue weighted by Crippen LogP contribution is -2.38. The molecule has 0 heterocycles. The molecule has 1 aromatic carbocycles. The fourth-order valence-corrected chi connectivity index (χ4v) is 2.64. The van der Waals surface area contributed by atoms with Crippen LogP contribution in [0.4, 0.5) is 0 Å². The van der Waals surface area contributed by atoms with Gasteiger partial charge in [0.1, 0.15) is 0 Å². The Kier molecular flexibility index (Phi) is 5.59. The molecule has 1 aromatic rings. The third kappa shape index (κ3) is 5.02. The average molecular weight is 311 g/mol. The average Bonchev–Trinajstić information content (AvgIpc) is 2.88. The van der Waals surface area contributed by atoms with Gasteiger partial charge < -0.3 is 15.7 Å². The summed E-state index contributed by atoms with van der Waals surface area (Å²) in [4.78, 5) is 23.5. The van der Waals surface area contributed by atoms with Gasteiger partial charge in [-0.05, 0) is 43.4 Å². The molecule has 21 heavy (non-hydrogen) atoms. The molecule has 1 aliphatic rings. The lowest BCUT2D eigenvalue weighted by Gasteiger charge is -2.11. The number of aliphatic hydroxyl groups excluding tert-OH is 1. The monoisotopic (exact) mass is 310 g/mol. The predicted octanol–water partition coefficient (Wildman–Crippen LogP) is 1.35. The molecule has 5 nitrogen and oxygen atoms in total. The number of carbonyl (C=O) groups is 2. The van der Waals surface area contributed by atoms with E-state index in [-0.39, 0.29) is 24.5 Å². The van der Waals surface area contributed by atoms with Crippen molar-refractivity contribution in [3.8, 4) is 0 Å². The van der Waals surface area contributed by atoms with Crippen LogP contribution in [0, 0.1) is 5.92 Å². The molecule has 0 aliphatic heterocycles. The fourth-order valence-electron chi connectivity index (χ4n) is 2.45. The van der Waals surface area contributed by atoms with Gasteiger partial charge >= 0.3 is 0 Å². The van der Waals surface area contributed by atoms with Crippen LogP contribution in [-0.4, -0.2) is 36.1 Å². The maximum Gasteiger partial charge on any atom is 0.251 e. The van der Waals surface area contributed by atoms with E-state index in [0.717, 1.165) is 19.3 Å². The Morgan fingerprint density at radius 1 is 1.29 bits per heavy atom. The second-order valence-corrected chi connectivity index (χ2v) is 5.77. The smallest absolute Gasteiger partial charge is 0.251 e. The van der Waals surface area contributed by atoms with Gasteiger partial charge in [-0.25, -0.2) is 0 Å². The highest BCUT2D eigenvalue weighted by Crippen LogP contribution is 2.24. The van der Waals surface area contributed by atoms with E-state index in [2.05, 4.69) is 10.6 Å². The first kappa shape index (κ1) is 15.8. The minimum atomic E-state index is -0.330. The Bertz CT molecular complexity index is 521. The molecule has 1 saturated carbocycles. The van der Waals surface area contributed by atoms with Crippen molar-refractivity contribution in [3.63, 3.8) is 0 Å². The maximum absolute atomic E-state index is 11.8. The third-order valence-electron chi connectivity index (χ3n) is 3.60. The van der Waals surface area contributed by atoms with Gasteiger partial charge in [-0.15, -0.1) is 0 Å². The number of benzene rings is 1. The summed E-state index contributed by atoms with van der Waals surface area (Å²) in [6.07, 6.45) is 2.21. The highest BCUT2D eigenvalue weighted by molar-refractivity contribution is 6.30. The molecular weight excluding hydrogens is 292 g/mol. The lowest BCUT2D eigenvalue weighted by atomic mass is 10.1. The van der Waals surface area contributed by atoms with Crippen LogP contribution in [-0.2, 0) is 4.79 Å². The summed E-state index contributed by atoms with van der Waals surface area (Å²) in [5.41, 5.74) is 0.425. The van der Waals surface area contributed by atoms with Crippen LogP contribution in [0.2, 0.25) is 5.02 Å². The molecule has 114 valence electrons. The summed E-state index contributed by atoms with van der Waals surface area (Å²) in [6, 6.07) is 6.55. The Labute approximate surface area is 128 Å². The van der Waals surface area contributed by atoms with E-state index in [1.807, 2.05) is 0 Å². The first-order valence-electron chi connectivity index (χ1n) is 7.03. The van der Waals surface area contributed by atoms with Crippen LogP contribution in [0.15, 0.2) is 24.3 Å². The van der Waals surface area contributed by atoms with E-state index in [1.165, 1.54) is 0 Å². The molecule has 1 fully saturated rings.